The van der Waals surface area contributed by atoms with Gasteiger partial charge in [-0.1, -0.05) is 0 Å². The molecule has 2 unspecified atom stereocenters. The molecule has 322 valence electrons. The van der Waals surface area contributed by atoms with Gasteiger partial charge in [0.2, 0.25) is 17.7 Å². The summed E-state index contributed by atoms with van der Waals surface area (Å²) in [6.07, 6.45) is -10.5. The predicted octanol–water partition coefficient (Wildman–Crippen LogP) is -6.00. The number of nitrogens with one attached hydrogen (secondary N) is 5. The van der Waals surface area contributed by atoms with Crippen molar-refractivity contribution in [3.05, 3.63) is 29.3 Å². The molecular weight excluding hydrogens is 764 g/mol. The van der Waals surface area contributed by atoms with Crippen LogP contribution in [0.25, 0.3) is 0 Å². The molecule has 0 saturated carbocycles. The molecule has 2 heterocycles. The van der Waals surface area contributed by atoms with E-state index in [-0.39, 0.29) is 76.1 Å². The molecule has 0 aromatic heterocycles. The highest BCUT2D eigenvalue weighted by Gasteiger charge is 2.46. The van der Waals surface area contributed by atoms with E-state index in [1.165, 1.54) is 32.0 Å². The normalized spacial score (nSPS) is 27.2. The lowest BCUT2D eigenvalue weighted by molar-refractivity contribution is -0.272. The van der Waals surface area contributed by atoms with Crippen molar-refractivity contribution in [2.75, 3.05) is 77.8 Å². The average Bonchev–Trinajstić information content (AvgIpc) is 3.18. The van der Waals surface area contributed by atoms with Gasteiger partial charge in [-0.05, 0) is 18.2 Å². The fourth-order valence-corrected chi connectivity index (χ4v) is 5.73. The van der Waals surface area contributed by atoms with Gasteiger partial charge in [0.25, 0.3) is 11.8 Å². The molecule has 2 aliphatic rings. The highest BCUT2D eigenvalue weighted by atomic mass is 16.7. The van der Waals surface area contributed by atoms with Crippen molar-refractivity contribution in [3.8, 4) is 0 Å². The maximum atomic E-state index is 13.0. The first kappa shape index (κ1) is 47.4. The molecule has 23 heteroatoms. The van der Waals surface area contributed by atoms with Crippen LogP contribution in [-0.2, 0) is 42.8 Å². The fraction of sp³-hybridized carbons (Fsp3) is 0.676. The van der Waals surface area contributed by atoms with E-state index in [0.29, 0.717) is 0 Å². The van der Waals surface area contributed by atoms with Crippen LogP contribution in [0, 0.1) is 0 Å². The molecule has 0 bridgehead atoms. The lowest BCUT2D eigenvalue weighted by Gasteiger charge is -2.42. The maximum absolute atomic E-state index is 13.0. The number of hydrogen-bond donors (Lipinski definition) is 12. The van der Waals surface area contributed by atoms with Crippen molar-refractivity contribution < 1.29 is 83.0 Å². The highest BCUT2D eigenvalue weighted by Crippen LogP contribution is 2.23. The Morgan fingerprint density at radius 2 is 1.07 bits per heavy atom. The largest absolute Gasteiger partial charge is 0.394 e. The van der Waals surface area contributed by atoms with Gasteiger partial charge in [-0.15, -0.1) is 0 Å². The second-order valence-electron chi connectivity index (χ2n) is 12.9. The van der Waals surface area contributed by atoms with Crippen LogP contribution in [0.4, 0.5) is 5.69 Å². The summed E-state index contributed by atoms with van der Waals surface area (Å²) in [7, 11) is 0. The monoisotopic (exact) mass is 818 g/mol. The number of nitrogens with two attached hydrogens (primary N) is 1. The molecule has 10 atom stereocenters. The van der Waals surface area contributed by atoms with Crippen LogP contribution in [0.1, 0.15) is 34.6 Å². The molecule has 5 amide bonds. The van der Waals surface area contributed by atoms with E-state index in [2.05, 4.69) is 26.6 Å². The summed E-state index contributed by atoms with van der Waals surface area (Å²) in [6, 6.07) is 1.80. The molecule has 1 aromatic rings. The molecule has 0 radical (unpaired) electrons. The maximum Gasteiger partial charge on any atom is 0.251 e. The third-order valence-corrected chi connectivity index (χ3v) is 8.51. The predicted molar refractivity (Wildman–Crippen MR) is 193 cm³/mol. The van der Waals surface area contributed by atoms with Gasteiger partial charge >= 0.3 is 0 Å². The van der Waals surface area contributed by atoms with E-state index in [0.717, 1.165) is 0 Å². The number of ether oxygens (including phenoxy) is 6. The van der Waals surface area contributed by atoms with Crippen molar-refractivity contribution in [3.63, 3.8) is 0 Å². The Bertz CT molecular complexity index is 1380. The van der Waals surface area contributed by atoms with Gasteiger partial charge in [0.15, 0.2) is 12.6 Å². The molecule has 3 rings (SSSR count). The number of rotatable bonds is 22. The standard InChI is InChI=1S/C34H54N6O17/c1-17(43)38-25-29(48)27(46)22(15-41)56-33(25)54-9-7-52-5-3-36-31(50)19-11-20(13-21(12-19)40-24(45)14-35)32(51)37-4-6-53-8-10-55-34-26(39-18(2)44)30(49)28(47)23(16-42)57-34/h11-13,22-23,25-30,33-34,41-42,46-49H,3-10,14-16,35H2,1-2H3,(H,36,50)(H,37,51)(H,38,43)(H,39,44)(H,40,45)/t22-,23-,25-,26-,27+,28+,29-,30-,33?,34?/m1/s1. The summed E-state index contributed by atoms with van der Waals surface area (Å²) in [5, 5.41) is 72.5. The number of aliphatic hydroxyl groups is 6. The molecule has 13 N–H and O–H groups in total. The summed E-state index contributed by atoms with van der Waals surface area (Å²) in [5.41, 5.74) is 5.61. The van der Waals surface area contributed by atoms with Gasteiger partial charge in [-0.3, -0.25) is 24.0 Å². The first-order valence-electron chi connectivity index (χ1n) is 18.1. The van der Waals surface area contributed by atoms with E-state index < -0.39 is 104 Å². The van der Waals surface area contributed by atoms with Crippen molar-refractivity contribution in [1.82, 2.24) is 21.3 Å². The molecule has 2 aliphatic heterocycles. The van der Waals surface area contributed by atoms with Crippen LogP contribution in [0.15, 0.2) is 18.2 Å². The van der Waals surface area contributed by atoms with E-state index >= 15 is 0 Å². The van der Waals surface area contributed by atoms with Crippen molar-refractivity contribution in [2.24, 2.45) is 5.73 Å². The zero-order valence-corrected chi connectivity index (χ0v) is 31.5. The lowest BCUT2D eigenvalue weighted by Crippen LogP contribution is -2.64. The number of hydrogen-bond acceptors (Lipinski definition) is 18. The van der Waals surface area contributed by atoms with Gasteiger partial charge in [0.1, 0.15) is 48.7 Å². The van der Waals surface area contributed by atoms with Crippen molar-refractivity contribution in [2.45, 2.75) is 75.1 Å². The third kappa shape index (κ3) is 14.7. The van der Waals surface area contributed by atoms with Crippen LogP contribution in [0.3, 0.4) is 0 Å². The summed E-state index contributed by atoms with van der Waals surface area (Å²) < 4.78 is 33.1. The Balaban J connectivity index is 1.44. The Morgan fingerprint density at radius 1 is 0.649 bits per heavy atom. The highest BCUT2D eigenvalue weighted by molar-refractivity contribution is 6.02. The number of aliphatic hydroxyl groups excluding tert-OH is 6. The van der Waals surface area contributed by atoms with Crippen LogP contribution in [0.5, 0.6) is 0 Å². The van der Waals surface area contributed by atoms with Crippen LogP contribution in [0.2, 0.25) is 0 Å². The molecule has 0 spiro atoms. The minimum atomic E-state index is -1.46. The number of amides is 5. The molecule has 0 aliphatic carbocycles. The van der Waals surface area contributed by atoms with E-state index in [4.69, 9.17) is 34.2 Å². The molecule has 2 saturated heterocycles. The first-order chi connectivity index (χ1) is 27.2. The van der Waals surface area contributed by atoms with Gasteiger partial charge < -0.3 is 91.4 Å². The Morgan fingerprint density at radius 3 is 1.44 bits per heavy atom. The van der Waals surface area contributed by atoms with E-state index in [9.17, 15) is 54.6 Å². The van der Waals surface area contributed by atoms with Gasteiger partial charge in [-0.2, -0.15) is 0 Å². The second-order valence-corrected chi connectivity index (χ2v) is 12.9. The van der Waals surface area contributed by atoms with Crippen LogP contribution in [-0.4, -0.2) is 194 Å². The number of anilines is 1. The minimum absolute atomic E-state index is 0.000813. The van der Waals surface area contributed by atoms with Gasteiger partial charge in [0, 0.05) is 43.8 Å². The minimum Gasteiger partial charge on any atom is -0.394 e. The van der Waals surface area contributed by atoms with Crippen molar-refractivity contribution >= 4 is 35.2 Å². The number of benzene rings is 1. The topological polar surface area (TPSA) is 348 Å². The summed E-state index contributed by atoms with van der Waals surface area (Å²) in [4.78, 5) is 61.1. The molecule has 57 heavy (non-hydrogen) atoms. The summed E-state index contributed by atoms with van der Waals surface area (Å²) >= 11 is 0. The molecule has 2 fully saturated rings. The fourth-order valence-electron chi connectivity index (χ4n) is 5.73. The Hall–Kier alpha value is -3.95. The molecular formula is C34H54N6O17. The lowest BCUT2D eigenvalue weighted by atomic mass is 9.97. The first-order valence-corrected chi connectivity index (χ1v) is 18.1. The molecule has 23 nitrogen and oxygen atoms in total. The zero-order chi connectivity index (χ0) is 42.1. The quantitative estimate of drug-likeness (QED) is 0.0485. The second kappa shape index (κ2) is 24.1. The van der Waals surface area contributed by atoms with E-state index in [1.807, 2.05) is 0 Å². The summed E-state index contributed by atoms with van der Waals surface area (Å²) in [6.45, 7) is 0.834. The van der Waals surface area contributed by atoms with E-state index in [1.54, 1.807) is 0 Å². The Labute approximate surface area is 327 Å². The zero-order valence-electron chi connectivity index (χ0n) is 31.5. The Kier molecular flexibility index (Phi) is 20.0. The summed E-state index contributed by atoms with van der Waals surface area (Å²) in [5.74, 6) is -2.76. The van der Waals surface area contributed by atoms with Crippen LogP contribution < -0.4 is 32.3 Å². The van der Waals surface area contributed by atoms with Crippen LogP contribution >= 0.6 is 0 Å². The number of carbonyl (C=O) groups excluding carboxylic acids is 5. The van der Waals surface area contributed by atoms with Gasteiger partial charge in [0.05, 0.1) is 59.4 Å². The average molecular weight is 819 g/mol. The van der Waals surface area contributed by atoms with Crippen molar-refractivity contribution in [1.29, 1.82) is 0 Å². The molecule has 1 aromatic carbocycles. The SMILES string of the molecule is CC(=O)N[C@H]1C(OCCOCCNC(=O)c2cc(NC(=O)CN)cc(C(=O)NCCOCCOC3O[C@H](CO)[C@H](O)[C@H](O)[C@H]3NC(C)=O)c2)O[C@H](CO)[C@H](O)[C@@H]1O. The smallest absolute Gasteiger partial charge is 0.251 e. The third-order valence-electron chi connectivity index (χ3n) is 8.51. The van der Waals surface area contributed by atoms with Gasteiger partial charge in [-0.25, -0.2) is 0 Å². The number of carbonyl (C=O) groups is 5.